The van der Waals surface area contributed by atoms with Crippen LogP contribution in [-0.2, 0) is 16.6 Å². The Morgan fingerprint density at radius 2 is 1.93 bits per heavy atom. The average Bonchev–Trinajstić information content (AvgIpc) is 2.94. The van der Waals surface area contributed by atoms with Gasteiger partial charge in [-0.1, -0.05) is 0 Å². The molecule has 156 valence electrons. The van der Waals surface area contributed by atoms with Crippen LogP contribution in [0, 0.1) is 13.8 Å². The summed E-state index contributed by atoms with van der Waals surface area (Å²) in [6, 6.07) is 7.12. The molecule has 9 nitrogen and oxygen atoms in total. The second kappa shape index (κ2) is 8.52. The lowest BCUT2D eigenvalue weighted by atomic mass is 10.1. The van der Waals surface area contributed by atoms with Crippen molar-refractivity contribution in [3.63, 3.8) is 0 Å². The van der Waals surface area contributed by atoms with E-state index in [9.17, 15) is 9.59 Å². The number of aryl methyl sites for hydroxylation is 2. The van der Waals surface area contributed by atoms with Crippen LogP contribution in [0.25, 0.3) is 0 Å². The van der Waals surface area contributed by atoms with Gasteiger partial charge in [-0.05, 0) is 38.1 Å². The number of carbonyl (C=O) groups excluding carboxylic acids is 2. The van der Waals surface area contributed by atoms with Crippen LogP contribution in [0.1, 0.15) is 11.4 Å². The first-order chi connectivity index (χ1) is 13.8. The highest BCUT2D eigenvalue weighted by atomic mass is 16.5. The van der Waals surface area contributed by atoms with Crippen LogP contribution in [0.3, 0.4) is 0 Å². The fraction of sp³-hybridized carbons (Fsp3) is 0.450. The van der Waals surface area contributed by atoms with Crippen molar-refractivity contribution in [3.05, 3.63) is 35.7 Å². The molecule has 1 aromatic carbocycles. The SMILES string of the molecule is COc1ccc(N2CCN(CC(=O)Nc3c(C)nn(C)c3C)[C@H](C(N)=O)C2)cc1. The quantitative estimate of drug-likeness (QED) is 0.738. The molecule has 0 radical (unpaired) electrons. The number of primary amides is 1. The number of nitrogens with zero attached hydrogens (tertiary/aromatic N) is 4. The average molecular weight is 400 g/mol. The third-order valence-corrected chi connectivity index (χ3v) is 5.38. The highest BCUT2D eigenvalue weighted by molar-refractivity contribution is 5.94. The number of nitrogens with one attached hydrogen (secondary N) is 1. The Balaban J connectivity index is 1.66. The van der Waals surface area contributed by atoms with Crippen molar-refractivity contribution < 1.29 is 14.3 Å². The number of amides is 2. The van der Waals surface area contributed by atoms with E-state index in [1.54, 1.807) is 11.8 Å². The predicted octanol–water partition coefficient (Wildman–Crippen LogP) is 0.660. The van der Waals surface area contributed by atoms with E-state index in [2.05, 4.69) is 15.3 Å². The summed E-state index contributed by atoms with van der Waals surface area (Å²) in [6.45, 7) is 5.52. The molecule has 3 N–H and O–H groups in total. The molecule has 2 aromatic rings. The van der Waals surface area contributed by atoms with Crippen molar-refractivity contribution in [1.82, 2.24) is 14.7 Å². The van der Waals surface area contributed by atoms with Crippen molar-refractivity contribution in [1.29, 1.82) is 0 Å². The topological polar surface area (TPSA) is 106 Å². The molecular weight excluding hydrogens is 372 g/mol. The van der Waals surface area contributed by atoms with Crippen molar-refractivity contribution in [3.8, 4) is 5.75 Å². The minimum atomic E-state index is -0.548. The number of rotatable bonds is 6. The summed E-state index contributed by atoms with van der Waals surface area (Å²) in [5.74, 6) is 0.148. The molecule has 1 saturated heterocycles. The van der Waals surface area contributed by atoms with Crippen molar-refractivity contribution in [2.75, 3.05) is 43.5 Å². The number of hydrogen-bond donors (Lipinski definition) is 2. The summed E-state index contributed by atoms with van der Waals surface area (Å²) in [5.41, 5.74) is 8.99. The van der Waals surface area contributed by atoms with Gasteiger partial charge in [0.25, 0.3) is 0 Å². The first kappa shape index (κ1) is 20.7. The Morgan fingerprint density at radius 1 is 1.24 bits per heavy atom. The molecule has 2 amide bonds. The Morgan fingerprint density at radius 3 is 2.48 bits per heavy atom. The van der Waals surface area contributed by atoms with Crippen LogP contribution in [0.15, 0.2) is 24.3 Å². The smallest absolute Gasteiger partial charge is 0.238 e. The van der Waals surface area contributed by atoms with Crippen molar-refractivity contribution >= 4 is 23.2 Å². The molecule has 3 rings (SSSR count). The Labute approximate surface area is 170 Å². The maximum absolute atomic E-state index is 12.6. The molecule has 1 aliphatic rings. The largest absolute Gasteiger partial charge is 0.497 e. The number of piperazine rings is 1. The van der Waals surface area contributed by atoms with E-state index in [0.717, 1.165) is 22.8 Å². The number of nitrogens with two attached hydrogens (primary N) is 1. The van der Waals surface area contributed by atoms with Crippen LogP contribution < -0.4 is 20.7 Å². The number of benzene rings is 1. The van der Waals surface area contributed by atoms with E-state index in [0.29, 0.717) is 25.3 Å². The summed E-state index contributed by atoms with van der Waals surface area (Å²) < 4.78 is 6.92. The Kier molecular flexibility index (Phi) is 6.07. The standard InChI is InChI=1S/C20H28N6O3/c1-13-19(14(2)24(3)23-13)22-18(27)12-26-10-9-25(11-17(26)20(21)28)15-5-7-16(29-4)8-6-15/h5-8,17H,9-12H2,1-4H3,(H2,21,28)(H,22,27)/t17-/m0/s1. The van der Waals surface area contributed by atoms with Crippen LogP contribution in [0.5, 0.6) is 5.75 Å². The van der Waals surface area contributed by atoms with Gasteiger partial charge in [-0.15, -0.1) is 0 Å². The molecule has 0 aliphatic carbocycles. The van der Waals surface area contributed by atoms with Gasteiger partial charge in [-0.2, -0.15) is 5.10 Å². The molecule has 1 atom stereocenters. The van der Waals surface area contributed by atoms with E-state index < -0.39 is 11.9 Å². The summed E-state index contributed by atoms with van der Waals surface area (Å²) in [6.07, 6.45) is 0. The zero-order valence-electron chi connectivity index (χ0n) is 17.3. The number of anilines is 2. The van der Waals surface area contributed by atoms with E-state index in [1.165, 1.54) is 0 Å². The van der Waals surface area contributed by atoms with E-state index >= 15 is 0 Å². The number of hydrogen-bond acceptors (Lipinski definition) is 6. The molecule has 0 spiro atoms. The minimum absolute atomic E-state index is 0.0951. The Bertz CT molecular complexity index is 892. The highest BCUT2D eigenvalue weighted by Crippen LogP contribution is 2.23. The lowest BCUT2D eigenvalue weighted by molar-refractivity contribution is -0.125. The van der Waals surface area contributed by atoms with Crippen LogP contribution >= 0.6 is 0 Å². The Hall–Kier alpha value is -3.07. The van der Waals surface area contributed by atoms with Crippen LogP contribution in [0.4, 0.5) is 11.4 Å². The zero-order chi connectivity index (χ0) is 21.1. The van der Waals surface area contributed by atoms with Gasteiger partial charge >= 0.3 is 0 Å². The fourth-order valence-electron chi connectivity index (χ4n) is 3.63. The maximum Gasteiger partial charge on any atom is 0.238 e. The monoisotopic (exact) mass is 400 g/mol. The van der Waals surface area contributed by atoms with Crippen LogP contribution in [0.2, 0.25) is 0 Å². The molecule has 0 unspecified atom stereocenters. The normalized spacial score (nSPS) is 17.2. The van der Waals surface area contributed by atoms with Gasteiger partial charge in [-0.3, -0.25) is 19.2 Å². The molecule has 2 heterocycles. The lowest BCUT2D eigenvalue weighted by Gasteiger charge is -2.40. The number of methoxy groups -OCH3 is 1. The number of aromatic nitrogens is 2. The van der Waals surface area contributed by atoms with Gasteiger partial charge in [0.15, 0.2) is 0 Å². The molecule has 9 heteroatoms. The minimum Gasteiger partial charge on any atom is -0.497 e. The second-order valence-electron chi connectivity index (χ2n) is 7.25. The maximum atomic E-state index is 12.6. The molecule has 0 saturated carbocycles. The van der Waals surface area contributed by atoms with Gasteiger partial charge in [0, 0.05) is 32.4 Å². The van der Waals surface area contributed by atoms with Gasteiger partial charge in [-0.25, -0.2) is 0 Å². The molecule has 1 fully saturated rings. The van der Waals surface area contributed by atoms with Gasteiger partial charge < -0.3 is 20.7 Å². The van der Waals surface area contributed by atoms with Gasteiger partial charge in [0.1, 0.15) is 11.8 Å². The van der Waals surface area contributed by atoms with E-state index in [1.807, 2.05) is 50.1 Å². The van der Waals surface area contributed by atoms with Crippen LogP contribution in [-0.4, -0.2) is 65.8 Å². The third kappa shape index (κ3) is 4.51. The second-order valence-corrected chi connectivity index (χ2v) is 7.25. The molecule has 1 aliphatic heterocycles. The van der Waals surface area contributed by atoms with Crippen molar-refractivity contribution in [2.24, 2.45) is 12.8 Å². The summed E-state index contributed by atoms with van der Waals surface area (Å²) in [5, 5.41) is 7.23. The summed E-state index contributed by atoms with van der Waals surface area (Å²) in [7, 11) is 3.45. The van der Waals surface area contributed by atoms with E-state index in [4.69, 9.17) is 10.5 Å². The number of carbonyl (C=O) groups is 2. The van der Waals surface area contributed by atoms with E-state index in [-0.39, 0.29) is 12.5 Å². The summed E-state index contributed by atoms with van der Waals surface area (Å²) >= 11 is 0. The molecule has 0 bridgehead atoms. The predicted molar refractivity (Wildman–Crippen MR) is 111 cm³/mol. The molecular formula is C20H28N6O3. The number of ether oxygens (including phenoxy) is 1. The fourth-order valence-corrected chi connectivity index (χ4v) is 3.63. The molecule has 29 heavy (non-hydrogen) atoms. The van der Waals surface area contributed by atoms with Crippen molar-refractivity contribution in [2.45, 2.75) is 19.9 Å². The first-order valence-corrected chi connectivity index (χ1v) is 9.52. The lowest BCUT2D eigenvalue weighted by Crippen LogP contribution is -2.59. The van der Waals surface area contributed by atoms with Gasteiger partial charge in [0.05, 0.1) is 30.7 Å². The van der Waals surface area contributed by atoms with Gasteiger partial charge in [0.2, 0.25) is 11.8 Å². The zero-order valence-corrected chi connectivity index (χ0v) is 17.3. The first-order valence-electron chi connectivity index (χ1n) is 9.52. The summed E-state index contributed by atoms with van der Waals surface area (Å²) in [4.78, 5) is 28.6. The third-order valence-electron chi connectivity index (χ3n) is 5.38. The highest BCUT2D eigenvalue weighted by Gasteiger charge is 2.32. The molecule has 1 aromatic heterocycles.